The maximum absolute atomic E-state index is 3.80. The van der Waals surface area contributed by atoms with Crippen LogP contribution >= 0.6 is 11.8 Å². The van der Waals surface area contributed by atoms with E-state index in [1.165, 1.54) is 37.3 Å². The third-order valence-electron chi connectivity index (χ3n) is 6.15. The van der Waals surface area contributed by atoms with Crippen LogP contribution in [0, 0.1) is 0 Å². The van der Waals surface area contributed by atoms with E-state index in [2.05, 4.69) is 94.8 Å². The van der Waals surface area contributed by atoms with Gasteiger partial charge in [0, 0.05) is 22.4 Å². The third kappa shape index (κ3) is 3.04. The highest BCUT2D eigenvalue weighted by atomic mass is 32.2. The summed E-state index contributed by atoms with van der Waals surface area (Å²) in [6.45, 7) is 0.780. The third-order valence-corrected chi connectivity index (χ3v) is 7.48. The van der Waals surface area contributed by atoms with Gasteiger partial charge in [0.05, 0.1) is 12.3 Å². The maximum atomic E-state index is 3.80. The van der Waals surface area contributed by atoms with Gasteiger partial charge in [-0.2, -0.15) is 0 Å². The van der Waals surface area contributed by atoms with E-state index in [-0.39, 0.29) is 12.3 Å². The number of thioether (sulfide) groups is 1. The summed E-state index contributed by atoms with van der Waals surface area (Å²) >= 11 is 1.95. The van der Waals surface area contributed by atoms with Crippen molar-refractivity contribution in [2.24, 2.45) is 0 Å². The predicted octanol–water partition coefficient (Wildman–Crippen LogP) is 5.01. The average Bonchev–Trinajstić information content (AvgIpc) is 3.18. The number of rotatable bonds is 2. The molecule has 0 amide bonds. The fraction of sp³-hybridized carbons (Fsp3) is 0.200. The normalized spacial score (nSPS) is 25.9. The van der Waals surface area contributed by atoms with Crippen LogP contribution in [-0.4, -0.2) is 12.8 Å². The van der Waals surface area contributed by atoms with Crippen molar-refractivity contribution in [1.82, 2.24) is 16.0 Å². The Bertz CT molecular complexity index is 1150. The second kappa shape index (κ2) is 7.15. The zero-order chi connectivity index (χ0) is 19.2. The monoisotopic (exact) mass is 397 g/mol. The predicted molar refractivity (Wildman–Crippen MR) is 121 cm³/mol. The Morgan fingerprint density at radius 3 is 2.62 bits per heavy atom. The standard InChI is InChI=1S/C25H23N3S/c1-2-7-17-14-18(13-12-16(17)6-1)24-26-15-27-25(28-24)21-10-5-9-20-19-8-3-4-11-22(19)29-23(20)21/h1-8,10-14,20,24-28H,9,15H2. The van der Waals surface area contributed by atoms with Crippen LogP contribution in [0.3, 0.4) is 0 Å². The fourth-order valence-electron chi connectivity index (χ4n) is 4.69. The van der Waals surface area contributed by atoms with Gasteiger partial charge in [-0.05, 0) is 46.0 Å². The number of hydrogen-bond acceptors (Lipinski definition) is 4. The number of nitrogens with one attached hydrogen (secondary N) is 3. The van der Waals surface area contributed by atoms with Crippen molar-refractivity contribution >= 4 is 22.5 Å². The average molecular weight is 398 g/mol. The van der Waals surface area contributed by atoms with Gasteiger partial charge in [-0.25, -0.2) is 0 Å². The largest absolute Gasteiger partial charge is 0.285 e. The van der Waals surface area contributed by atoms with Gasteiger partial charge in [0.15, 0.2) is 0 Å². The van der Waals surface area contributed by atoms with Gasteiger partial charge in [-0.15, -0.1) is 0 Å². The quantitative estimate of drug-likeness (QED) is 0.568. The van der Waals surface area contributed by atoms with Gasteiger partial charge in [-0.3, -0.25) is 16.0 Å². The second-order valence-corrected chi connectivity index (χ2v) is 8.96. The van der Waals surface area contributed by atoms with Crippen LogP contribution in [-0.2, 0) is 0 Å². The van der Waals surface area contributed by atoms with E-state index >= 15 is 0 Å². The van der Waals surface area contributed by atoms with Gasteiger partial charge in [0.25, 0.3) is 0 Å². The summed E-state index contributed by atoms with van der Waals surface area (Å²) in [5.74, 6) is 0.508. The smallest absolute Gasteiger partial charge is 0.0867 e. The molecule has 29 heavy (non-hydrogen) atoms. The molecule has 3 aliphatic rings. The Kier molecular flexibility index (Phi) is 4.31. The maximum Gasteiger partial charge on any atom is 0.0867 e. The summed E-state index contributed by atoms with van der Waals surface area (Å²) in [5.41, 5.74) is 4.14. The fourth-order valence-corrected chi connectivity index (χ4v) is 6.07. The molecule has 3 nitrogen and oxygen atoms in total. The molecule has 1 fully saturated rings. The summed E-state index contributed by atoms with van der Waals surface area (Å²) in [6, 6.07) is 24.1. The molecule has 0 radical (unpaired) electrons. The Labute approximate surface area is 175 Å². The molecule has 0 bridgehead atoms. The summed E-state index contributed by atoms with van der Waals surface area (Å²) in [7, 11) is 0. The molecule has 0 aromatic heterocycles. The first-order chi connectivity index (χ1) is 14.4. The number of hydrogen-bond donors (Lipinski definition) is 3. The SMILES string of the molecule is C1=CC(C2NCNC(c3ccc4ccccc4c3)N2)=C2Sc3ccccc3C2C1. The van der Waals surface area contributed by atoms with Crippen molar-refractivity contribution < 1.29 is 0 Å². The molecular formula is C25H23N3S. The number of benzene rings is 3. The number of fused-ring (bicyclic) bond motifs is 4. The second-order valence-electron chi connectivity index (χ2n) is 7.87. The van der Waals surface area contributed by atoms with Crippen molar-refractivity contribution in [1.29, 1.82) is 0 Å². The molecule has 1 saturated heterocycles. The molecule has 0 saturated carbocycles. The Hall–Kier alpha value is -2.37. The lowest BCUT2D eigenvalue weighted by molar-refractivity contribution is 0.291. The van der Waals surface area contributed by atoms with Crippen molar-refractivity contribution in [2.45, 2.75) is 29.6 Å². The van der Waals surface area contributed by atoms with E-state index in [9.17, 15) is 0 Å². The molecule has 4 heteroatoms. The van der Waals surface area contributed by atoms with E-state index in [0.717, 1.165) is 13.1 Å². The molecule has 2 heterocycles. The van der Waals surface area contributed by atoms with E-state index in [0.29, 0.717) is 5.92 Å². The molecule has 1 aliphatic carbocycles. The minimum Gasteiger partial charge on any atom is -0.285 e. The highest BCUT2D eigenvalue weighted by molar-refractivity contribution is 8.03. The molecule has 144 valence electrons. The van der Waals surface area contributed by atoms with Gasteiger partial charge in [-0.1, -0.05) is 78.5 Å². The minimum absolute atomic E-state index is 0.126. The molecule has 3 unspecified atom stereocenters. The van der Waals surface area contributed by atoms with Crippen molar-refractivity contribution in [2.75, 3.05) is 6.67 Å². The first kappa shape index (κ1) is 17.5. The van der Waals surface area contributed by atoms with E-state index < -0.39 is 0 Å². The molecule has 0 spiro atoms. The van der Waals surface area contributed by atoms with Crippen LogP contribution in [0.2, 0.25) is 0 Å². The molecule has 2 aliphatic heterocycles. The molecule has 3 N–H and O–H groups in total. The molecule has 3 aromatic carbocycles. The van der Waals surface area contributed by atoms with Crippen LogP contribution in [0.1, 0.15) is 29.6 Å². The Morgan fingerprint density at radius 2 is 1.66 bits per heavy atom. The Balaban J connectivity index is 1.31. The summed E-state index contributed by atoms with van der Waals surface area (Å²) in [4.78, 5) is 2.91. The van der Waals surface area contributed by atoms with Crippen LogP contribution in [0.4, 0.5) is 0 Å². The zero-order valence-corrected chi connectivity index (χ0v) is 16.9. The summed E-state index contributed by atoms with van der Waals surface area (Å²) in [5, 5.41) is 13.6. The summed E-state index contributed by atoms with van der Waals surface area (Å²) in [6.07, 6.45) is 6.02. The first-order valence-electron chi connectivity index (χ1n) is 10.3. The van der Waals surface area contributed by atoms with Crippen LogP contribution < -0.4 is 16.0 Å². The van der Waals surface area contributed by atoms with Gasteiger partial charge < -0.3 is 0 Å². The zero-order valence-electron chi connectivity index (χ0n) is 16.1. The Morgan fingerprint density at radius 1 is 0.828 bits per heavy atom. The van der Waals surface area contributed by atoms with Gasteiger partial charge >= 0.3 is 0 Å². The first-order valence-corrected chi connectivity index (χ1v) is 11.1. The van der Waals surface area contributed by atoms with Gasteiger partial charge in [0.2, 0.25) is 0 Å². The number of allylic oxidation sites excluding steroid dienone is 2. The van der Waals surface area contributed by atoms with Crippen molar-refractivity contribution in [3.63, 3.8) is 0 Å². The lowest BCUT2D eigenvalue weighted by atomic mass is 9.88. The van der Waals surface area contributed by atoms with E-state index in [1.54, 1.807) is 0 Å². The molecule has 3 atom stereocenters. The topological polar surface area (TPSA) is 36.1 Å². The molecular weight excluding hydrogens is 374 g/mol. The van der Waals surface area contributed by atoms with Crippen molar-refractivity contribution in [3.8, 4) is 0 Å². The van der Waals surface area contributed by atoms with E-state index in [4.69, 9.17) is 0 Å². The van der Waals surface area contributed by atoms with Crippen LogP contribution in [0.25, 0.3) is 10.8 Å². The van der Waals surface area contributed by atoms with Crippen LogP contribution in [0.15, 0.2) is 94.3 Å². The highest BCUT2D eigenvalue weighted by Crippen LogP contribution is 2.53. The lowest BCUT2D eigenvalue weighted by Crippen LogP contribution is -2.58. The minimum atomic E-state index is 0.126. The van der Waals surface area contributed by atoms with Gasteiger partial charge in [0.1, 0.15) is 0 Å². The van der Waals surface area contributed by atoms with E-state index in [1.807, 2.05) is 11.8 Å². The molecule has 6 rings (SSSR count). The molecule has 3 aromatic rings. The lowest BCUT2D eigenvalue weighted by Gasteiger charge is -2.36. The van der Waals surface area contributed by atoms with Crippen molar-refractivity contribution in [3.05, 3.63) is 100 Å². The summed E-state index contributed by atoms with van der Waals surface area (Å²) < 4.78 is 0. The highest BCUT2D eigenvalue weighted by Gasteiger charge is 2.34. The van der Waals surface area contributed by atoms with Crippen LogP contribution in [0.5, 0.6) is 0 Å².